The number of hydrogen-bond acceptors (Lipinski definition) is 4. The summed E-state index contributed by atoms with van der Waals surface area (Å²) in [6, 6.07) is 8.09. The number of rotatable bonds is 9. The van der Waals surface area contributed by atoms with E-state index in [1.807, 2.05) is 25.2 Å². The van der Waals surface area contributed by atoms with Gasteiger partial charge in [0.2, 0.25) is 0 Å². The summed E-state index contributed by atoms with van der Waals surface area (Å²) in [5, 5.41) is 6.76. The van der Waals surface area contributed by atoms with E-state index in [0.29, 0.717) is 0 Å². The van der Waals surface area contributed by atoms with Gasteiger partial charge in [0, 0.05) is 46.3 Å². The maximum Gasteiger partial charge on any atom is 0.191 e. The largest absolute Gasteiger partial charge is 0.497 e. The monoisotopic (exact) mass is 489 g/mol. The van der Waals surface area contributed by atoms with Crippen molar-refractivity contribution in [2.24, 2.45) is 4.99 Å². The number of halogens is 1. The van der Waals surface area contributed by atoms with Crippen molar-refractivity contribution < 1.29 is 4.74 Å². The second-order valence-electron chi connectivity index (χ2n) is 6.69. The number of nitrogens with zero attached hydrogens (tertiary/aromatic N) is 3. The van der Waals surface area contributed by atoms with Crippen molar-refractivity contribution in [3.8, 4) is 5.75 Å². The summed E-state index contributed by atoms with van der Waals surface area (Å²) < 4.78 is 5.26. The average Bonchev–Trinajstić information content (AvgIpc) is 2.70. The Kier molecular flexibility index (Phi) is 12.4. The predicted octanol–water partition coefficient (Wildman–Crippen LogP) is 2.40. The lowest BCUT2D eigenvalue weighted by Gasteiger charge is -2.34. The number of unbranched alkanes of at least 4 members (excludes halogenated alkanes) is 1. The molecule has 0 aliphatic carbocycles. The molecule has 0 saturated carbocycles. The summed E-state index contributed by atoms with van der Waals surface area (Å²) in [6.45, 7) is 11.2. The Morgan fingerprint density at radius 2 is 1.85 bits per heavy atom. The fraction of sp³-hybridized carbons (Fsp3) is 0.650. The van der Waals surface area contributed by atoms with Crippen LogP contribution in [-0.4, -0.2) is 75.7 Å². The van der Waals surface area contributed by atoms with Crippen LogP contribution < -0.4 is 15.4 Å². The number of aliphatic imine (C=N–C) groups is 1. The summed E-state index contributed by atoms with van der Waals surface area (Å²) >= 11 is 0. The highest BCUT2D eigenvalue weighted by Gasteiger charge is 2.14. The highest BCUT2D eigenvalue weighted by molar-refractivity contribution is 14.0. The number of guanidine groups is 1. The summed E-state index contributed by atoms with van der Waals surface area (Å²) in [6.07, 6.45) is 2.39. The van der Waals surface area contributed by atoms with Gasteiger partial charge in [-0.15, -0.1) is 24.0 Å². The quantitative estimate of drug-likeness (QED) is 0.242. The molecular weight excluding hydrogens is 453 g/mol. The van der Waals surface area contributed by atoms with Crippen molar-refractivity contribution in [3.63, 3.8) is 0 Å². The van der Waals surface area contributed by atoms with Gasteiger partial charge in [-0.2, -0.15) is 0 Å². The van der Waals surface area contributed by atoms with E-state index in [2.05, 4.69) is 38.4 Å². The maximum atomic E-state index is 5.26. The van der Waals surface area contributed by atoms with Crippen LogP contribution in [-0.2, 0) is 6.54 Å². The van der Waals surface area contributed by atoms with Crippen LogP contribution >= 0.6 is 24.0 Å². The zero-order chi connectivity index (χ0) is 18.6. The molecule has 1 aliphatic heterocycles. The van der Waals surface area contributed by atoms with Crippen molar-refractivity contribution in [3.05, 3.63) is 29.8 Å². The molecule has 1 fully saturated rings. The Bertz CT molecular complexity index is 547. The van der Waals surface area contributed by atoms with Gasteiger partial charge >= 0.3 is 0 Å². The summed E-state index contributed by atoms with van der Waals surface area (Å²) in [5.74, 6) is 1.73. The van der Waals surface area contributed by atoms with Gasteiger partial charge in [0.05, 0.1) is 7.11 Å². The molecule has 7 heteroatoms. The number of nitrogens with one attached hydrogen (secondary N) is 2. The van der Waals surface area contributed by atoms with Crippen molar-refractivity contribution in [1.29, 1.82) is 0 Å². The fourth-order valence-corrected chi connectivity index (χ4v) is 3.19. The van der Waals surface area contributed by atoms with Gasteiger partial charge in [-0.1, -0.05) is 19.1 Å². The summed E-state index contributed by atoms with van der Waals surface area (Å²) in [4.78, 5) is 9.41. The lowest BCUT2D eigenvalue weighted by molar-refractivity contribution is 0.136. The molecule has 27 heavy (non-hydrogen) atoms. The molecule has 154 valence electrons. The molecule has 2 rings (SSSR count). The van der Waals surface area contributed by atoms with Crippen molar-refractivity contribution in [1.82, 2.24) is 20.4 Å². The van der Waals surface area contributed by atoms with E-state index >= 15 is 0 Å². The van der Waals surface area contributed by atoms with E-state index in [1.165, 1.54) is 51.3 Å². The lowest BCUT2D eigenvalue weighted by Crippen LogP contribution is -2.46. The molecule has 1 heterocycles. The molecule has 0 amide bonds. The SMILES string of the molecule is CCN1CCN(CCCCNC(=NC)NCc2cccc(OC)c2)CC1.I. The Morgan fingerprint density at radius 1 is 1.11 bits per heavy atom. The molecule has 0 radical (unpaired) electrons. The van der Waals surface area contributed by atoms with E-state index < -0.39 is 0 Å². The van der Waals surface area contributed by atoms with Crippen molar-refractivity contribution in [2.75, 3.05) is 60.0 Å². The minimum Gasteiger partial charge on any atom is -0.497 e. The first-order chi connectivity index (χ1) is 12.7. The zero-order valence-electron chi connectivity index (χ0n) is 17.0. The third-order valence-electron chi connectivity index (χ3n) is 4.92. The highest BCUT2D eigenvalue weighted by atomic mass is 127. The van der Waals surface area contributed by atoms with Crippen molar-refractivity contribution >= 4 is 29.9 Å². The Hall–Kier alpha value is -1.06. The number of likely N-dealkylation sites (N-methyl/N-ethyl adjacent to an activating group) is 1. The molecule has 1 saturated heterocycles. The molecule has 0 bridgehead atoms. The van der Waals surface area contributed by atoms with Gasteiger partial charge in [-0.3, -0.25) is 4.99 Å². The standard InChI is InChI=1S/C20H35N5O.HI/c1-4-24-12-14-25(15-13-24)11-6-5-10-22-20(21-2)23-17-18-8-7-9-19(16-18)26-3;/h7-9,16H,4-6,10-15,17H2,1-3H3,(H2,21,22,23);1H. The first-order valence-corrected chi connectivity index (χ1v) is 9.77. The molecule has 1 aliphatic rings. The number of hydrogen-bond donors (Lipinski definition) is 2. The molecule has 0 spiro atoms. The van der Waals surface area contributed by atoms with Gasteiger partial charge in [-0.25, -0.2) is 0 Å². The molecule has 0 unspecified atom stereocenters. The Morgan fingerprint density at radius 3 is 2.52 bits per heavy atom. The topological polar surface area (TPSA) is 52.1 Å². The van der Waals surface area contributed by atoms with Crippen LogP contribution in [0.2, 0.25) is 0 Å². The second kappa shape index (κ2) is 14.0. The highest BCUT2D eigenvalue weighted by Crippen LogP contribution is 2.12. The van der Waals surface area contributed by atoms with Crippen LogP contribution in [0.3, 0.4) is 0 Å². The number of ether oxygens (including phenoxy) is 1. The molecule has 6 nitrogen and oxygen atoms in total. The Balaban J connectivity index is 0.00000364. The van der Waals surface area contributed by atoms with Crippen LogP contribution in [0.5, 0.6) is 5.75 Å². The molecule has 0 aromatic heterocycles. The minimum absolute atomic E-state index is 0. The van der Waals surface area contributed by atoms with E-state index in [-0.39, 0.29) is 24.0 Å². The van der Waals surface area contributed by atoms with Crippen LogP contribution in [0.1, 0.15) is 25.3 Å². The van der Waals surface area contributed by atoms with Crippen LogP contribution in [0.4, 0.5) is 0 Å². The fourth-order valence-electron chi connectivity index (χ4n) is 3.19. The van der Waals surface area contributed by atoms with Gasteiger partial charge in [0.15, 0.2) is 5.96 Å². The minimum atomic E-state index is 0. The summed E-state index contributed by atoms with van der Waals surface area (Å²) in [5.41, 5.74) is 1.18. The first kappa shape index (κ1) is 24.0. The lowest BCUT2D eigenvalue weighted by atomic mass is 10.2. The van der Waals surface area contributed by atoms with Crippen LogP contribution in [0.25, 0.3) is 0 Å². The van der Waals surface area contributed by atoms with Gasteiger partial charge in [0.1, 0.15) is 5.75 Å². The third-order valence-corrected chi connectivity index (χ3v) is 4.92. The normalized spacial score (nSPS) is 15.9. The molecular formula is C20H36IN5O. The maximum absolute atomic E-state index is 5.26. The van der Waals surface area contributed by atoms with Gasteiger partial charge < -0.3 is 25.2 Å². The number of piperazine rings is 1. The third kappa shape index (κ3) is 9.12. The van der Waals surface area contributed by atoms with E-state index in [1.54, 1.807) is 7.11 Å². The van der Waals surface area contributed by atoms with E-state index in [4.69, 9.17) is 4.74 Å². The molecule has 2 N–H and O–H groups in total. The predicted molar refractivity (Wildman–Crippen MR) is 124 cm³/mol. The number of benzene rings is 1. The zero-order valence-corrected chi connectivity index (χ0v) is 19.4. The molecule has 0 atom stereocenters. The van der Waals surface area contributed by atoms with Crippen LogP contribution in [0, 0.1) is 0 Å². The summed E-state index contributed by atoms with van der Waals surface area (Å²) in [7, 11) is 3.50. The van der Waals surface area contributed by atoms with Gasteiger partial charge in [-0.05, 0) is 43.6 Å². The Labute approximate surface area is 181 Å². The van der Waals surface area contributed by atoms with E-state index in [9.17, 15) is 0 Å². The molecule has 1 aromatic carbocycles. The molecule has 1 aromatic rings. The average molecular weight is 489 g/mol. The smallest absolute Gasteiger partial charge is 0.191 e. The second-order valence-corrected chi connectivity index (χ2v) is 6.69. The van der Waals surface area contributed by atoms with Crippen molar-refractivity contribution in [2.45, 2.75) is 26.3 Å². The van der Waals surface area contributed by atoms with E-state index in [0.717, 1.165) is 31.2 Å². The van der Waals surface area contributed by atoms with Crippen LogP contribution in [0.15, 0.2) is 29.3 Å². The first-order valence-electron chi connectivity index (χ1n) is 9.77. The van der Waals surface area contributed by atoms with Gasteiger partial charge in [0.25, 0.3) is 0 Å². The number of methoxy groups -OCH3 is 1.